The first-order valence-corrected chi connectivity index (χ1v) is 10.1. The molecule has 1 amide bonds. The molecule has 2 aliphatic rings. The van der Waals surface area contributed by atoms with Crippen molar-refractivity contribution in [3.8, 4) is 11.5 Å². The van der Waals surface area contributed by atoms with Crippen LogP contribution in [0.4, 0.5) is 5.69 Å². The third-order valence-corrected chi connectivity index (χ3v) is 5.70. The van der Waals surface area contributed by atoms with Gasteiger partial charge in [0.25, 0.3) is 0 Å². The molecule has 0 aliphatic carbocycles. The van der Waals surface area contributed by atoms with Crippen LogP contribution in [0.2, 0.25) is 0 Å². The number of ether oxygens (including phenoxy) is 2. The number of piperidine rings is 1. The molecule has 1 fully saturated rings. The summed E-state index contributed by atoms with van der Waals surface area (Å²) in [5.41, 5.74) is 0.865. The van der Waals surface area contributed by atoms with Crippen LogP contribution in [-0.4, -0.2) is 43.7 Å². The van der Waals surface area contributed by atoms with E-state index in [1.54, 1.807) is 11.3 Å². The van der Waals surface area contributed by atoms with Crippen LogP contribution in [0.15, 0.2) is 35.7 Å². The summed E-state index contributed by atoms with van der Waals surface area (Å²) < 4.78 is 11.3. The van der Waals surface area contributed by atoms with Crippen molar-refractivity contribution in [3.63, 3.8) is 0 Å². The Balaban J connectivity index is 1.56. The zero-order chi connectivity index (χ0) is 17.8. The van der Waals surface area contributed by atoms with E-state index >= 15 is 0 Å². The zero-order valence-corrected chi connectivity index (χ0v) is 15.7. The van der Waals surface area contributed by atoms with Crippen LogP contribution in [0.3, 0.4) is 0 Å². The SMILES string of the molecule is O=C(CN1CCCCC1)N(Cc1cccs1)c1ccc2c(c1)OCCO2. The fourth-order valence-corrected chi connectivity index (χ4v) is 4.17. The summed E-state index contributed by atoms with van der Waals surface area (Å²) in [6.07, 6.45) is 3.64. The molecule has 0 spiro atoms. The zero-order valence-electron chi connectivity index (χ0n) is 14.9. The second-order valence-electron chi connectivity index (χ2n) is 6.72. The fraction of sp³-hybridized carbons (Fsp3) is 0.450. The molecule has 0 N–H and O–H groups in total. The predicted molar refractivity (Wildman–Crippen MR) is 103 cm³/mol. The van der Waals surface area contributed by atoms with E-state index in [0.29, 0.717) is 26.3 Å². The second kappa shape index (κ2) is 8.10. The predicted octanol–water partition coefficient (Wildman–Crippen LogP) is 3.54. The Morgan fingerprint density at radius 2 is 1.88 bits per heavy atom. The molecule has 0 atom stereocenters. The summed E-state index contributed by atoms with van der Waals surface area (Å²) >= 11 is 1.67. The quantitative estimate of drug-likeness (QED) is 0.805. The number of nitrogens with zero attached hydrogens (tertiary/aromatic N) is 2. The van der Waals surface area contributed by atoms with E-state index in [1.165, 1.54) is 24.1 Å². The molecule has 3 heterocycles. The number of carbonyl (C=O) groups is 1. The summed E-state index contributed by atoms with van der Waals surface area (Å²) in [4.78, 5) is 18.4. The Bertz CT molecular complexity index is 742. The maximum absolute atomic E-state index is 13.1. The maximum Gasteiger partial charge on any atom is 0.241 e. The molecule has 5 nitrogen and oxygen atoms in total. The van der Waals surface area contributed by atoms with Crippen LogP contribution >= 0.6 is 11.3 Å². The van der Waals surface area contributed by atoms with Gasteiger partial charge in [-0.1, -0.05) is 12.5 Å². The Labute approximate surface area is 158 Å². The van der Waals surface area contributed by atoms with Crippen LogP contribution < -0.4 is 14.4 Å². The van der Waals surface area contributed by atoms with Crippen molar-refractivity contribution < 1.29 is 14.3 Å². The first kappa shape index (κ1) is 17.4. The largest absolute Gasteiger partial charge is 0.486 e. The highest BCUT2D eigenvalue weighted by Gasteiger charge is 2.23. The van der Waals surface area contributed by atoms with Crippen molar-refractivity contribution in [3.05, 3.63) is 40.6 Å². The molecule has 1 aromatic carbocycles. The lowest BCUT2D eigenvalue weighted by Gasteiger charge is -2.30. The minimum Gasteiger partial charge on any atom is -0.486 e. The molecule has 0 unspecified atom stereocenters. The summed E-state index contributed by atoms with van der Waals surface area (Å²) in [5, 5.41) is 2.05. The van der Waals surface area contributed by atoms with E-state index < -0.39 is 0 Å². The monoisotopic (exact) mass is 372 g/mol. The van der Waals surface area contributed by atoms with E-state index in [1.807, 2.05) is 34.5 Å². The number of hydrogen-bond donors (Lipinski definition) is 0. The average molecular weight is 372 g/mol. The highest BCUT2D eigenvalue weighted by molar-refractivity contribution is 7.09. The molecule has 1 aromatic heterocycles. The van der Waals surface area contributed by atoms with Crippen molar-refractivity contribution in [1.29, 1.82) is 0 Å². The van der Waals surface area contributed by atoms with Crippen LogP contribution in [0.1, 0.15) is 24.1 Å². The summed E-state index contributed by atoms with van der Waals surface area (Å²) in [7, 11) is 0. The lowest BCUT2D eigenvalue weighted by Crippen LogP contribution is -2.42. The molecule has 0 bridgehead atoms. The molecule has 0 saturated carbocycles. The number of likely N-dealkylation sites (tertiary alicyclic amines) is 1. The van der Waals surface area contributed by atoms with E-state index in [0.717, 1.165) is 30.3 Å². The van der Waals surface area contributed by atoms with E-state index in [-0.39, 0.29) is 5.91 Å². The van der Waals surface area contributed by atoms with Gasteiger partial charge in [0, 0.05) is 16.6 Å². The van der Waals surface area contributed by atoms with Gasteiger partial charge in [-0.15, -0.1) is 11.3 Å². The third kappa shape index (κ3) is 4.02. The first-order chi connectivity index (χ1) is 12.8. The van der Waals surface area contributed by atoms with Gasteiger partial charge in [0.2, 0.25) is 5.91 Å². The van der Waals surface area contributed by atoms with Crippen LogP contribution in [-0.2, 0) is 11.3 Å². The number of carbonyl (C=O) groups excluding carboxylic acids is 1. The molecule has 6 heteroatoms. The molecule has 2 aromatic rings. The van der Waals surface area contributed by atoms with Crippen LogP contribution in [0.25, 0.3) is 0 Å². The van der Waals surface area contributed by atoms with E-state index in [2.05, 4.69) is 11.0 Å². The molecule has 1 saturated heterocycles. The fourth-order valence-electron chi connectivity index (χ4n) is 3.48. The lowest BCUT2D eigenvalue weighted by molar-refractivity contribution is -0.120. The third-order valence-electron chi connectivity index (χ3n) is 4.84. The molecule has 0 radical (unpaired) electrons. The second-order valence-corrected chi connectivity index (χ2v) is 7.76. The Hall–Kier alpha value is -2.05. The van der Waals surface area contributed by atoms with Gasteiger partial charge in [-0.25, -0.2) is 0 Å². The molecule has 2 aliphatic heterocycles. The minimum absolute atomic E-state index is 0.136. The minimum atomic E-state index is 0.136. The summed E-state index contributed by atoms with van der Waals surface area (Å²) in [6.45, 7) is 4.20. The number of thiophene rings is 1. The van der Waals surface area contributed by atoms with E-state index in [9.17, 15) is 4.79 Å². The van der Waals surface area contributed by atoms with Crippen molar-refractivity contribution in [2.24, 2.45) is 0 Å². The van der Waals surface area contributed by atoms with Crippen molar-refractivity contribution in [2.75, 3.05) is 37.7 Å². The number of hydrogen-bond acceptors (Lipinski definition) is 5. The molecular formula is C20H24N2O3S. The van der Waals surface area contributed by atoms with Crippen molar-refractivity contribution in [1.82, 2.24) is 4.90 Å². The average Bonchev–Trinajstić information content (AvgIpc) is 3.20. The van der Waals surface area contributed by atoms with Gasteiger partial charge in [-0.05, 0) is 49.5 Å². The highest BCUT2D eigenvalue weighted by atomic mass is 32.1. The molecule has 4 rings (SSSR count). The standard InChI is InChI=1S/C20H24N2O3S/c23-20(15-21-8-2-1-3-9-21)22(14-17-5-4-12-26-17)16-6-7-18-19(13-16)25-11-10-24-18/h4-7,12-13H,1-3,8-11,14-15H2. The number of benzene rings is 1. The van der Waals surface area contributed by atoms with Gasteiger partial charge in [0.1, 0.15) is 13.2 Å². The Morgan fingerprint density at radius 1 is 1.08 bits per heavy atom. The van der Waals surface area contributed by atoms with Gasteiger partial charge >= 0.3 is 0 Å². The van der Waals surface area contributed by atoms with Crippen molar-refractivity contribution >= 4 is 22.9 Å². The lowest BCUT2D eigenvalue weighted by atomic mass is 10.1. The smallest absolute Gasteiger partial charge is 0.241 e. The van der Waals surface area contributed by atoms with Gasteiger partial charge in [-0.3, -0.25) is 9.69 Å². The number of amides is 1. The topological polar surface area (TPSA) is 42.0 Å². The van der Waals surface area contributed by atoms with Gasteiger partial charge in [-0.2, -0.15) is 0 Å². The highest BCUT2D eigenvalue weighted by Crippen LogP contribution is 2.34. The van der Waals surface area contributed by atoms with Gasteiger partial charge in [0.05, 0.1) is 13.1 Å². The Kier molecular flexibility index (Phi) is 5.41. The number of fused-ring (bicyclic) bond motifs is 1. The van der Waals surface area contributed by atoms with Crippen LogP contribution in [0.5, 0.6) is 11.5 Å². The number of rotatable bonds is 5. The normalized spacial score (nSPS) is 17.1. The maximum atomic E-state index is 13.1. The number of anilines is 1. The van der Waals surface area contributed by atoms with Gasteiger partial charge < -0.3 is 14.4 Å². The molecule has 138 valence electrons. The molecule has 26 heavy (non-hydrogen) atoms. The molecular weight excluding hydrogens is 348 g/mol. The summed E-state index contributed by atoms with van der Waals surface area (Å²) in [6, 6.07) is 9.88. The van der Waals surface area contributed by atoms with E-state index in [4.69, 9.17) is 9.47 Å². The summed E-state index contributed by atoms with van der Waals surface area (Å²) in [5.74, 6) is 1.60. The van der Waals surface area contributed by atoms with Crippen LogP contribution in [0, 0.1) is 0 Å². The Morgan fingerprint density at radius 3 is 2.65 bits per heavy atom. The van der Waals surface area contributed by atoms with Gasteiger partial charge in [0.15, 0.2) is 11.5 Å². The van der Waals surface area contributed by atoms with Crippen molar-refractivity contribution in [2.45, 2.75) is 25.8 Å². The first-order valence-electron chi connectivity index (χ1n) is 9.24.